The van der Waals surface area contributed by atoms with Gasteiger partial charge in [0.25, 0.3) is 11.7 Å². The number of para-hydroxylation sites is 1. The number of hydrogen-bond donors (Lipinski definition) is 2. The summed E-state index contributed by atoms with van der Waals surface area (Å²) in [6, 6.07) is 11.9. The molecular weight excluding hydrogens is 323 g/mol. The van der Waals surface area contributed by atoms with Gasteiger partial charge in [-0.2, -0.15) is 0 Å². The van der Waals surface area contributed by atoms with Gasteiger partial charge in [0.1, 0.15) is 0 Å². The van der Waals surface area contributed by atoms with Crippen molar-refractivity contribution in [2.45, 2.75) is 0 Å². The fourth-order valence-electron chi connectivity index (χ4n) is 2.14. The van der Waals surface area contributed by atoms with E-state index in [0.717, 1.165) is 5.52 Å². The Hall–Kier alpha value is -2.30. The number of carbonyl (C=O) groups is 2. The molecule has 0 aliphatic carbocycles. The summed E-state index contributed by atoms with van der Waals surface area (Å²) in [6.45, 7) is 0. The quantitative estimate of drug-likeness (QED) is 0.555. The van der Waals surface area contributed by atoms with Gasteiger partial charge in [0.15, 0.2) is 0 Å². The van der Waals surface area contributed by atoms with Gasteiger partial charge < -0.3 is 10.3 Å². The number of Topliss-reactive ketones (excluding diaryl/α,β-unsaturated/α-hetero) is 1. The van der Waals surface area contributed by atoms with Crippen LogP contribution in [0, 0.1) is 0 Å². The van der Waals surface area contributed by atoms with Gasteiger partial charge in [-0.1, -0.05) is 41.4 Å². The topological polar surface area (TPSA) is 62.0 Å². The molecule has 2 aromatic carbocycles. The van der Waals surface area contributed by atoms with Crippen molar-refractivity contribution < 1.29 is 9.59 Å². The van der Waals surface area contributed by atoms with Crippen LogP contribution in [0.25, 0.3) is 10.9 Å². The number of nitrogens with one attached hydrogen (secondary N) is 2. The molecule has 0 radical (unpaired) electrons. The molecule has 0 saturated heterocycles. The molecule has 1 heterocycles. The van der Waals surface area contributed by atoms with Crippen LogP contribution in [0.15, 0.2) is 48.7 Å². The van der Waals surface area contributed by atoms with Crippen molar-refractivity contribution >= 4 is 51.5 Å². The van der Waals surface area contributed by atoms with Crippen LogP contribution in [0.4, 0.5) is 5.69 Å². The van der Waals surface area contributed by atoms with Gasteiger partial charge in [0, 0.05) is 22.8 Å². The number of rotatable bonds is 3. The number of hydrogen-bond acceptors (Lipinski definition) is 2. The number of halogens is 2. The molecular formula is C16H10Cl2N2O2. The Morgan fingerprint density at radius 2 is 1.77 bits per heavy atom. The van der Waals surface area contributed by atoms with Gasteiger partial charge in [-0.25, -0.2) is 0 Å². The van der Waals surface area contributed by atoms with Gasteiger partial charge in [-0.3, -0.25) is 9.59 Å². The van der Waals surface area contributed by atoms with Crippen molar-refractivity contribution in [3.63, 3.8) is 0 Å². The standard InChI is InChI=1S/C16H10Cl2N2O2/c17-12-6-5-9(7-13(12)18)20-16(22)15(21)11-8-19-14-4-2-1-3-10(11)14/h1-8,19H,(H,20,22). The van der Waals surface area contributed by atoms with Crippen LogP contribution < -0.4 is 5.32 Å². The molecule has 0 fully saturated rings. The molecule has 0 aliphatic rings. The van der Waals surface area contributed by atoms with Crippen molar-refractivity contribution in [3.05, 3.63) is 64.3 Å². The van der Waals surface area contributed by atoms with E-state index in [4.69, 9.17) is 23.2 Å². The first-order valence-corrected chi connectivity index (χ1v) is 7.18. The van der Waals surface area contributed by atoms with Crippen molar-refractivity contribution in [3.8, 4) is 0 Å². The third kappa shape index (κ3) is 2.71. The Balaban J connectivity index is 1.85. The van der Waals surface area contributed by atoms with E-state index in [1.165, 1.54) is 12.3 Å². The van der Waals surface area contributed by atoms with Gasteiger partial charge >= 0.3 is 0 Å². The highest BCUT2D eigenvalue weighted by atomic mass is 35.5. The van der Waals surface area contributed by atoms with Crippen LogP contribution in [-0.4, -0.2) is 16.7 Å². The zero-order chi connectivity index (χ0) is 15.7. The zero-order valence-electron chi connectivity index (χ0n) is 11.2. The van der Waals surface area contributed by atoms with Crippen molar-refractivity contribution in [1.82, 2.24) is 4.98 Å². The van der Waals surface area contributed by atoms with Crippen molar-refractivity contribution in [2.75, 3.05) is 5.32 Å². The van der Waals surface area contributed by atoms with Crippen LogP contribution in [0.1, 0.15) is 10.4 Å². The Kier molecular flexibility index (Phi) is 3.88. The molecule has 0 saturated carbocycles. The maximum Gasteiger partial charge on any atom is 0.296 e. The largest absolute Gasteiger partial charge is 0.360 e. The maximum atomic E-state index is 12.3. The fraction of sp³-hybridized carbons (Fsp3) is 0. The lowest BCUT2D eigenvalue weighted by Crippen LogP contribution is -2.22. The number of amides is 1. The molecule has 0 bridgehead atoms. The van der Waals surface area contributed by atoms with E-state index in [-0.39, 0.29) is 0 Å². The number of aromatic nitrogens is 1. The minimum atomic E-state index is -0.733. The molecule has 0 unspecified atom stereocenters. The fourth-order valence-corrected chi connectivity index (χ4v) is 2.44. The zero-order valence-corrected chi connectivity index (χ0v) is 12.7. The van der Waals surface area contributed by atoms with E-state index < -0.39 is 11.7 Å². The number of fused-ring (bicyclic) bond motifs is 1. The number of anilines is 1. The van der Waals surface area contributed by atoms with Gasteiger partial charge in [-0.05, 0) is 24.3 Å². The van der Waals surface area contributed by atoms with E-state index >= 15 is 0 Å². The predicted molar refractivity (Wildman–Crippen MR) is 87.7 cm³/mol. The normalized spacial score (nSPS) is 10.6. The summed E-state index contributed by atoms with van der Waals surface area (Å²) < 4.78 is 0. The minimum absolute atomic E-state index is 0.305. The van der Waals surface area contributed by atoms with E-state index in [1.54, 1.807) is 18.2 Å². The first-order valence-electron chi connectivity index (χ1n) is 6.43. The minimum Gasteiger partial charge on any atom is -0.360 e. The van der Waals surface area contributed by atoms with Gasteiger partial charge in [-0.15, -0.1) is 0 Å². The Morgan fingerprint density at radius 3 is 2.55 bits per heavy atom. The highest BCUT2D eigenvalue weighted by Crippen LogP contribution is 2.25. The van der Waals surface area contributed by atoms with E-state index in [1.807, 2.05) is 18.2 Å². The molecule has 6 heteroatoms. The first-order chi connectivity index (χ1) is 10.6. The molecule has 3 rings (SSSR count). The third-order valence-electron chi connectivity index (χ3n) is 3.22. The lowest BCUT2D eigenvalue weighted by molar-refractivity contribution is -0.112. The molecule has 1 aromatic heterocycles. The maximum absolute atomic E-state index is 12.3. The average molecular weight is 333 g/mol. The summed E-state index contributed by atoms with van der Waals surface area (Å²) in [5, 5.41) is 3.90. The molecule has 2 N–H and O–H groups in total. The van der Waals surface area contributed by atoms with Gasteiger partial charge in [0.2, 0.25) is 0 Å². The lowest BCUT2D eigenvalue weighted by atomic mass is 10.1. The highest BCUT2D eigenvalue weighted by molar-refractivity contribution is 6.48. The van der Waals surface area contributed by atoms with Crippen LogP contribution in [-0.2, 0) is 4.79 Å². The smallest absolute Gasteiger partial charge is 0.296 e. The number of ketones is 1. The molecule has 3 aromatic rings. The van der Waals surface area contributed by atoms with Crippen LogP contribution in [0.3, 0.4) is 0 Å². The number of H-pyrrole nitrogens is 1. The van der Waals surface area contributed by atoms with Crippen LogP contribution in [0.5, 0.6) is 0 Å². The molecule has 0 aliphatic heterocycles. The van der Waals surface area contributed by atoms with Crippen LogP contribution >= 0.6 is 23.2 Å². The number of aromatic amines is 1. The van der Waals surface area contributed by atoms with E-state index in [2.05, 4.69) is 10.3 Å². The summed E-state index contributed by atoms with van der Waals surface area (Å²) >= 11 is 11.7. The highest BCUT2D eigenvalue weighted by Gasteiger charge is 2.20. The summed E-state index contributed by atoms with van der Waals surface area (Å²) in [7, 11) is 0. The number of benzene rings is 2. The Labute approximate surface area is 136 Å². The lowest BCUT2D eigenvalue weighted by Gasteiger charge is -2.05. The summed E-state index contributed by atoms with van der Waals surface area (Å²) in [5.74, 6) is -1.35. The average Bonchev–Trinajstić information content (AvgIpc) is 2.94. The van der Waals surface area contributed by atoms with Crippen LogP contribution in [0.2, 0.25) is 10.0 Å². The SMILES string of the molecule is O=C(Nc1ccc(Cl)c(Cl)c1)C(=O)c1c[nH]c2ccccc12. The monoisotopic (exact) mass is 332 g/mol. The molecule has 22 heavy (non-hydrogen) atoms. The predicted octanol–water partition coefficient (Wildman–Crippen LogP) is 4.30. The number of carbonyl (C=O) groups excluding carboxylic acids is 2. The summed E-state index contributed by atoms with van der Waals surface area (Å²) in [6.07, 6.45) is 1.53. The van der Waals surface area contributed by atoms with Crippen molar-refractivity contribution in [1.29, 1.82) is 0 Å². The van der Waals surface area contributed by atoms with Gasteiger partial charge in [0.05, 0.1) is 15.6 Å². The molecule has 0 atom stereocenters. The second-order valence-electron chi connectivity index (χ2n) is 4.66. The molecule has 4 nitrogen and oxygen atoms in total. The second-order valence-corrected chi connectivity index (χ2v) is 5.47. The first kappa shape index (κ1) is 14.6. The molecule has 110 valence electrons. The Morgan fingerprint density at radius 1 is 1.00 bits per heavy atom. The third-order valence-corrected chi connectivity index (χ3v) is 3.96. The molecule has 0 spiro atoms. The summed E-state index contributed by atoms with van der Waals surface area (Å²) in [5.41, 5.74) is 1.54. The second kappa shape index (κ2) is 5.83. The molecule has 1 amide bonds. The van der Waals surface area contributed by atoms with Crippen molar-refractivity contribution in [2.24, 2.45) is 0 Å². The Bertz CT molecular complexity index is 887. The van der Waals surface area contributed by atoms with E-state index in [0.29, 0.717) is 26.7 Å². The summed E-state index contributed by atoms with van der Waals surface area (Å²) in [4.78, 5) is 27.4. The van der Waals surface area contributed by atoms with E-state index in [9.17, 15) is 9.59 Å².